The van der Waals surface area contributed by atoms with Gasteiger partial charge in [-0.2, -0.15) is 0 Å². The first-order chi connectivity index (χ1) is 13.3. The third-order valence-electron chi connectivity index (χ3n) is 5.61. The maximum atomic E-state index is 2.72. The zero-order valence-electron chi connectivity index (χ0n) is 17.8. The Morgan fingerprint density at radius 1 is 0.704 bits per heavy atom. The topological polar surface area (TPSA) is 3.24 Å². The molecule has 0 aromatic heterocycles. The lowest BCUT2D eigenvalue weighted by molar-refractivity contribution is 0.253. The average molecular weight is 366 g/mol. The van der Waals surface area contributed by atoms with Crippen LogP contribution in [0.3, 0.4) is 0 Å². The van der Waals surface area contributed by atoms with Crippen LogP contribution in [0.4, 0.5) is 0 Å². The van der Waals surface area contributed by atoms with Crippen LogP contribution in [0.2, 0.25) is 0 Å². The Bertz CT molecular complexity index is 609. The molecule has 2 rings (SSSR count). The van der Waals surface area contributed by atoms with Crippen molar-refractivity contribution >= 4 is 0 Å². The molecule has 1 heteroatoms. The normalized spacial score (nSPS) is 12.4. The summed E-state index contributed by atoms with van der Waals surface area (Å²) in [5.74, 6) is 0.584. The summed E-state index contributed by atoms with van der Waals surface area (Å²) < 4.78 is 0. The predicted molar refractivity (Wildman–Crippen MR) is 120 cm³/mol. The van der Waals surface area contributed by atoms with Crippen molar-refractivity contribution in [3.05, 3.63) is 60.2 Å². The van der Waals surface area contributed by atoms with E-state index >= 15 is 0 Å². The first-order valence-electron chi connectivity index (χ1n) is 11.1. The molecule has 1 unspecified atom stereocenters. The van der Waals surface area contributed by atoms with Gasteiger partial charge in [-0.15, -0.1) is 0 Å². The number of unbranched alkanes of at least 4 members (excludes halogenated alkanes) is 4. The van der Waals surface area contributed by atoms with E-state index in [1.54, 1.807) is 0 Å². The van der Waals surface area contributed by atoms with Gasteiger partial charge in [-0.05, 0) is 61.5 Å². The number of rotatable bonds is 13. The van der Waals surface area contributed by atoms with E-state index in [0.29, 0.717) is 5.92 Å². The van der Waals surface area contributed by atoms with Crippen molar-refractivity contribution < 1.29 is 0 Å². The van der Waals surface area contributed by atoms with Gasteiger partial charge in [0, 0.05) is 0 Å². The third-order valence-corrected chi connectivity index (χ3v) is 5.61. The molecule has 27 heavy (non-hydrogen) atoms. The van der Waals surface area contributed by atoms with Crippen molar-refractivity contribution in [1.82, 2.24) is 4.90 Å². The molecule has 0 aliphatic heterocycles. The van der Waals surface area contributed by atoms with Gasteiger partial charge in [-0.25, -0.2) is 0 Å². The van der Waals surface area contributed by atoms with Gasteiger partial charge in [-0.3, -0.25) is 0 Å². The minimum Gasteiger partial charge on any atom is -0.303 e. The van der Waals surface area contributed by atoms with Gasteiger partial charge in [0.05, 0.1) is 0 Å². The Balaban J connectivity index is 1.99. The summed E-state index contributed by atoms with van der Waals surface area (Å²) in [6, 6.07) is 19.8. The Morgan fingerprint density at radius 3 is 1.93 bits per heavy atom. The van der Waals surface area contributed by atoms with E-state index in [1.165, 1.54) is 81.3 Å². The van der Waals surface area contributed by atoms with Crippen molar-refractivity contribution in [2.75, 3.05) is 19.6 Å². The number of nitrogens with zero attached hydrogens (tertiary/aromatic N) is 1. The monoisotopic (exact) mass is 365 g/mol. The molecule has 1 atom stereocenters. The molecule has 0 heterocycles. The summed E-state index contributed by atoms with van der Waals surface area (Å²) in [5.41, 5.74) is 4.22. The van der Waals surface area contributed by atoms with Gasteiger partial charge in [0.25, 0.3) is 0 Å². The third kappa shape index (κ3) is 7.50. The molecule has 0 aliphatic carbocycles. The first-order valence-corrected chi connectivity index (χ1v) is 11.1. The molecular weight excluding hydrogens is 326 g/mol. The van der Waals surface area contributed by atoms with E-state index < -0.39 is 0 Å². The van der Waals surface area contributed by atoms with E-state index in [1.807, 2.05) is 0 Å². The Kier molecular flexibility index (Phi) is 10.2. The number of benzene rings is 2. The van der Waals surface area contributed by atoms with Crippen molar-refractivity contribution in [3.63, 3.8) is 0 Å². The van der Waals surface area contributed by atoms with Crippen molar-refractivity contribution in [2.24, 2.45) is 0 Å². The summed E-state index contributed by atoms with van der Waals surface area (Å²) in [6.07, 6.45) is 9.26. The predicted octanol–water partition coefficient (Wildman–Crippen LogP) is 7.53. The summed E-state index contributed by atoms with van der Waals surface area (Å²) in [4.78, 5) is 2.72. The van der Waals surface area contributed by atoms with Crippen LogP contribution in [-0.2, 0) is 0 Å². The molecule has 0 spiro atoms. The summed E-state index contributed by atoms with van der Waals surface area (Å²) in [7, 11) is 0. The van der Waals surface area contributed by atoms with E-state index in [0.717, 1.165) is 0 Å². The van der Waals surface area contributed by atoms with Gasteiger partial charge in [-0.1, -0.05) is 101 Å². The molecule has 2 aromatic carbocycles. The molecule has 0 bridgehead atoms. The molecule has 0 amide bonds. The van der Waals surface area contributed by atoms with Crippen LogP contribution in [-0.4, -0.2) is 24.5 Å². The fourth-order valence-electron chi connectivity index (χ4n) is 3.85. The van der Waals surface area contributed by atoms with Gasteiger partial charge in [0.2, 0.25) is 0 Å². The summed E-state index contributed by atoms with van der Waals surface area (Å²) in [6.45, 7) is 10.7. The minimum atomic E-state index is 0.584. The maximum Gasteiger partial charge on any atom is -0.00130 e. The summed E-state index contributed by atoms with van der Waals surface area (Å²) >= 11 is 0. The average Bonchev–Trinajstić information content (AvgIpc) is 2.72. The fourth-order valence-corrected chi connectivity index (χ4v) is 3.85. The van der Waals surface area contributed by atoms with Crippen LogP contribution in [0.1, 0.15) is 77.2 Å². The van der Waals surface area contributed by atoms with Crippen LogP contribution in [0, 0.1) is 0 Å². The highest BCUT2D eigenvalue weighted by molar-refractivity contribution is 5.67. The van der Waals surface area contributed by atoms with Crippen LogP contribution in [0.5, 0.6) is 0 Å². The molecule has 1 nitrogen and oxygen atoms in total. The largest absolute Gasteiger partial charge is 0.303 e. The lowest BCUT2D eigenvalue weighted by Crippen LogP contribution is -2.28. The van der Waals surface area contributed by atoms with Crippen molar-refractivity contribution in [2.45, 2.75) is 71.6 Å². The van der Waals surface area contributed by atoms with Gasteiger partial charge < -0.3 is 4.90 Å². The van der Waals surface area contributed by atoms with Gasteiger partial charge >= 0.3 is 0 Å². The minimum absolute atomic E-state index is 0.584. The lowest BCUT2D eigenvalue weighted by atomic mass is 9.89. The molecule has 0 saturated heterocycles. The second-order valence-electron chi connectivity index (χ2n) is 7.90. The van der Waals surface area contributed by atoms with Gasteiger partial charge in [0.15, 0.2) is 0 Å². The molecule has 0 radical (unpaired) electrons. The first kappa shape index (κ1) is 21.7. The van der Waals surface area contributed by atoms with Crippen LogP contribution >= 0.6 is 0 Å². The van der Waals surface area contributed by atoms with Gasteiger partial charge in [0.1, 0.15) is 0 Å². The second kappa shape index (κ2) is 12.7. The lowest BCUT2D eigenvalue weighted by Gasteiger charge is -2.25. The summed E-state index contributed by atoms with van der Waals surface area (Å²) in [5, 5.41) is 0. The molecule has 2 aromatic rings. The SMILES string of the molecule is CCCCCN(CCCCC)CCC(C)c1ccccc1-c1ccccc1. The zero-order chi connectivity index (χ0) is 19.3. The van der Waals surface area contributed by atoms with Crippen molar-refractivity contribution in [3.8, 4) is 11.1 Å². The Labute approximate surface area is 167 Å². The van der Waals surface area contributed by atoms with E-state index in [-0.39, 0.29) is 0 Å². The van der Waals surface area contributed by atoms with Crippen LogP contribution in [0.15, 0.2) is 54.6 Å². The van der Waals surface area contributed by atoms with E-state index in [4.69, 9.17) is 0 Å². The zero-order valence-corrected chi connectivity index (χ0v) is 17.8. The highest BCUT2D eigenvalue weighted by Gasteiger charge is 2.13. The highest BCUT2D eigenvalue weighted by atomic mass is 15.1. The molecule has 0 aliphatic rings. The second-order valence-corrected chi connectivity index (χ2v) is 7.90. The standard InChI is InChI=1S/C26H39N/c1-4-6-13-20-27(21-14-7-5-2)22-19-23(3)25-17-11-12-18-26(25)24-15-9-8-10-16-24/h8-12,15-18,23H,4-7,13-14,19-22H2,1-3H3. The van der Waals surface area contributed by atoms with E-state index in [9.17, 15) is 0 Å². The molecule has 0 saturated carbocycles. The molecule has 0 fully saturated rings. The Morgan fingerprint density at radius 2 is 1.30 bits per heavy atom. The number of hydrogen-bond donors (Lipinski definition) is 0. The fraction of sp³-hybridized carbons (Fsp3) is 0.538. The maximum absolute atomic E-state index is 2.72. The smallest absolute Gasteiger partial charge is 0.00130 e. The molecular formula is C26H39N. The van der Waals surface area contributed by atoms with Crippen LogP contribution < -0.4 is 0 Å². The van der Waals surface area contributed by atoms with Crippen LogP contribution in [0.25, 0.3) is 11.1 Å². The van der Waals surface area contributed by atoms with E-state index in [2.05, 4.69) is 80.3 Å². The number of hydrogen-bond acceptors (Lipinski definition) is 1. The highest BCUT2D eigenvalue weighted by Crippen LogP contribution is 2.31. The van der Waals surface area contributed by atoms with Crippen molar-refractivity contribution in [1.29, 1.82) is 0 Å². The molecule has 0 N–H and O–H groups in total. The quantitative estimate of drug-likeness (QED) is 0.332. The molecule has 148 valence electrons. The Hall–Kier alpha value is -1.60.